The lowest BCUT2D eigenvalue weighted by molar-refractivity contribution is 0.0692. The first-order valence-electron chi connectivity index (χ1n) is 15.2. The molecule has 0 aliphatic carbocycles. The SMILES string of the molecule is [2H]c1c([2H])c(Oc2c([2H])c([2H])c(N3C(=O)c4ccc(Oc5ccc6c(c5)C(=O)N(C)C6=O)cc4C3=O)c([2H])c2[2H])c([2H])c([2H])c1C. The summed E-state index contributed by atoms with van der Waals surface area (Å²) in [5.41, 5.74) is -0.527. The minimum absolute atomic E-state index is 0.0446. The van der Waals surface area contributed by atoms with Crippen LogP contribution in [0.3, 0.4) is 0 Å². The van der Waals surface area contributed by atoms with Gasteiger partial charge in [-0.1, -0.05) is 17.6 Å². The van der Waals surface area contributed by atoms with Crippen LogP contribution in [0.15, 0.2) is 84.7 Å². The highest BCUT2D eigenvalue weighted by Gasteiger charge is 2.37. The van der Waals surface area contributed by atoms with Crippen LogP contribution in [-0.4, -0.2) is 35.6 Å². The van der Waals surface area contributed by atoms with Crippen LogP contribution in [0.5, 0.6) is 23.0 Å². The highest BCUT2D eigenvalue weighted by atomic mass is 16.5. The summed E-state index contributed by atoms with van der Waals surface area (Å²) in [4.78, 5) is 52.9. The van der Waals surface area contributed by atoms with Gasteiger partial charge in [0, 0.05) is 7.05 Å². The Morgan fingerprint density at radius 2 is 1.03 bits per heavy atom. The number of imide groups is 2. The van der Waals surface area contributed by atoms with Crippen molar-refractivity contribution in [1.29, 1.82) is 0 Å². The minimum Gasteiger partial charge on any atom is -0.457 e. The summed E-state index contributed by atoms with van der Waals surface area (Å²) in [6, 6.07) is 2.86. The van der Waals surface area contributed by atoms with E-state index in [0.717, 1.165) is 4.90 Å². The van der Waals surface area contributed by atoms with Crippen molar-refractivity contribution in [1.82, 2.24) is 4.90 Å². The third-order valence-electron chi connectivity index (χ3n) is 5.90. The largest absolute Gasteiger partial charge is 0.457 e. The zero-order chi connectivity index (χ0) is 33.5. The molecule has 0 unspecified atom stereocenters. The molecule has 8 nitrogen and oxygen atoms in total. The van der Waals surface area contributed by atoms with E-state index in [1.165, 1.54) is 50.4 Å². The summed E-state index contributed by atoms with van der Waals surface area (Å²) < 4.78 is 77.6. The van der Waals surface area contributed by atoms with Crippen LogP contribution in [0, 0.1) is 6.92 Å². The fourth-order valence-electron chi connectivity index (χ4n) is 4.00. The number of amides is 4. The Hall–Kier alpha value is -5.24. The maximum absolute atomic E-state index is 13.5. The molecular weight excluding hydrogens is 484 g/mol. The average Bonchev–Trinajstić information content (AvgIpc) is 3.41. The number of rotatable bonds is 5. The molecular formula is C30H20N2O6. The average molecular weight is 513 g/mol. The number of carbonyl (C=O) groups excluding carboxylic acids is 4. The highest BCUT2D eigenvalue weighted by Crippen LogP contribution is 2.34. The fourth-order valence-corrected chi connectivity index (χ4v) is 4.00. The molecule has 2 aliphatic heterocycles. The zero-order valence-electron chi connectivity index (χ0n) is 27.8. The molecule has 0 N–H and O–H groups in total. The maximum Gasteiger partial charge on any atom is 0.266 e. The molecule has 0 atom stereocenters. The molecule has 8 heteroatoms. The molecule has 2 heterocycles. The Morgan fingerprint density at radius 3 is 1.63 bits per heavy atom. The van der Waals surface area contributed by atoms with Crippen LogP contribution in [0.1, 0.15) is 58.0 Å². The second kappa shape index (κ2) is 8.70. The molecule has 0 bridgehead atoms. The van der Waals surface area contributed by atoms with Crippen LogP contribution in [-0.2, 0) is 0 Å². The normalized spacial score (nSPS) is 17.1. The van der Waals surface area contributed by atoms with E-state index in [-0.39, 0.29) is 39.3 Å². The molecule has 4 aromatic carbocycles. The van der Waals surface area contributed by atoms with Crippen LogP contribution in [0.25, 0.3) is 0 Å². The zero-order valence-corrected chi connectivity index (χ0v) is 19.8. The first-order chi connectivity index (χ1) is 21.6. The molecule has 0 saturated heterocycles. The van der Waals surface area contributed by atoms with Crippen LogP contribution >= 0.6 is 0 Å². The molecule has 0 fully saturated rings. The third-order valence-corrected chi connectivity index (χ3v) is 5.90. The first-order valence-corrected chi connectivity index (χ1v) is 11.2. The molecule has 0 spiro atoms. The van der Waals surface area contributed by atoms with Gasteiger partial charge >= 0.3 is 0 Å². The summed E-state index contributed by atoms with van der Waals surface area (Å²) in [6.45, 7) is 1.38. The summed E-state index contributed by atoms with van der Waals surface area (Å²) >= 11 is 0. The van der Waals surface area contributed by atoms with Gasteiger partial charge in [0.2, 0.25) is 0 Å². The Kier molecular flexibility index (Phi) is 3.61. The van der Waals surface area contributed by atoms with E-state index in [0.29, 0.717) is 4.90 Å². The van der Waals surface area contributed by atoms with Crippen LogP contribution < -0.4 is 14.4 Å². The molecule has 6 rings (SSSR count). The van der Waals surface area contributed by atoms with Gasteiger partial charge in [-0.15, -0.1) is 0 Å². The van der Waals surface area contributed by atoms with Gasteiger partial charge in [0.05, 0.1) is 38.9 Å². The van der Waals surface area contributed by atoms with Crippen molar-refractivity contribution >= 4 is 29.3 Å². The number of fused-ring (bicyclic) bond motifs is 2. The Bertz CT molecular complexity index is 2060. The van der Waals surface area contributed by atoms with E-state index in [4.69, 9.17) is 20.4 Å². The number of hydrogen-bond acceptors (Lipinski definition) is 6. The monoisotopic (exact) mass is 512 g/mol. The molecule has 4 aromatic rings. The molecule has 38 heavy (non-hydrogen) atoms. The van der Waals surface area contributed by atoms with Gasteiger partial charge in [-0.3, -0.25) is 24.1 Å². The van der Waals surface area contributed by atoms with Gasteiger partial charge in [-0.05, 0) is 79.6 Å². The first kappa shape index (κ1) is 15.8. The van der Waals surface area contributed by atoms with Crippen molar-refractivity contribution in [2.24, 2.45) is 0 Å². The second-order valence-corrected chi connectivity index (χ2v) is 8.37. The van der Waals surface area contributed by atoms with E-state index in [9.17, 15) is 19.2 Å². The fraction of sp³-hybridized carbons (Fsp3) is 0.0667. The molecule has 4 amide bonds. The number of hydrogen-bond donors (Lipinski definition) is 0. The van der Waals surface area contributed by atoms with Gasteiger partial charge in [0.15, 0.2) is 0 Å². The number of ether oxygens (including phenoxy) is 2. The molecule has 0 radical (unpaired) electrons. The highest BCUT2D eigenvalue weighted by molar-refractivity contribution is 6.34. The predicted octanol–water partition coefficient (Wildman–Crippen LogP) is 5.61. The van der Waals surface area contributed by atoms with Crippen LogP contribution in [0.4, 0.5) is 5.69 Å². The quantitative estimate of drug-likeness (QED) is 0.323. The number of anilines is 1. The van der Waals surface area contributed by atoms with Crippen molar-refractivity contribution in [3.8, 4) is 23.0 Å². The summed E-state index contributed by atoms with van der Waals surface area (Å²) in [7, 11) is 1.35. The minimum atomic E-state index is -0.964. The van der Waals surface area contributed by atoms with Gasteiger partial charge in [0.25, 0.3) is 23.6 Å². The number of benzene rings is 4. The smallest absolute Gasteiger partial charge is 0.266 e. The summed E-state index contributed by atoms with van der Waals surface area (Å²) in [6.07, 6.45) is 0. The van der Waals surface area contributed by atoms with Gasteiger partial charge in [0.1, 0.15) is 23.0 Å². The molecule has 0 aromatic heterocycles. The van der Waals surface area contributed by atoms with E-state index in [1.807, 2.05) is 0 Å². The maximum atomic E-state index is 13.5. The molecule has 186 valence electrons. The van der Waals surface area contributed by atoms with Crippen molar-refractivity contribution in [3.63, 3.8) is 0 Å². The lowest BCUT2D eigenvalue weighted by Gasteiger charge is -2.14. The topological polar surface area (TPSA) is 93.2 Å². The van der Waals surface area contributed by atoms with Crippen LogP contribution in [0.2, 0.25) is 0 Å². The lowest BCUT2D eigenvalue weighted by atomic mass is 10.1. The number of nitrogens with zero attached hydrogens (tertiary/aromatic N) is 2. The Balaban J connectivity index is 1.34. The van der Waals surface area contributed by atoms with Crippen molar-refractivity contribution < 1.29 is 39.6 Å². The number of carbonyl (C=O) groups is 4. The Labute approximate surface area is 228 Å². The van der Waals surface area contributed by atoms with Crippen molar-refractivity contribution in [2.45, 2.75) is 6.92 Å². The van der Waals surface area contributed by atoms with E-state index in [2.05, 4.69) is 0 Å². The molecule has 2 aliphatic rings. The van der Waals surface area contributed by atoms with E-state index in [1.54, 1.807) is 0 Å². The van der Waals surface area contributed by atoms with Crippen molar-refractivity contribution in [3.05, 3.63) is 113 Å². The molecule has 0 saturated carbocycles. The Morgan fingerprint density at radius 1 is 0.579 bits per heavy atom. The summed E-state index contributed by atoms with van der Waals surface area (Å²) in [5.74, 6) is -3.93. The van der Waals surface area contributed by atoms with E-state index >= 15 is 0 Å². The van der Waals surface area contributed by atoms with Gasteiger partial charge in [-0.2, -0.15) is 0 Å². The predicted molar refractivity (Wildman–Crippen MR) is 138 cm³/mol. The standard InChI is InChI=1S/C30H20N2O6/c1-17-3-7-19(8-4-17)37-20-9-5-18(6-10-20)32-29(35)24-14-12-22(16-26(24)30(32)36)38-21-11-13-23-25(15-21)28(34)31(2)27(23)33/h3-16H,1-2H3/i3D,4D,5D,6D,7D,8D,9D,10D. The van der Waals surface area contributed by atoms with E-state index < -0.39 is 89.2 Å². The van der Waals surface area contributed by atoms with Gasteiger partial charge in [-0.25, -0.2) is 4.90 Å². The van der Waals surface area contributed by atoms with Gasteiger partial charge < -0.3 is 9.47 Å². The lowest BCUT2D eigenvalue weighted by Crippen LogP contribution is -2.29. The third kappa shape index (κ3) is 3.79. The van der Waals surface area contributed by atoms with Crippen molar-refractivity contribution in [2.75, 3.05) is 11.9 Å². The second-order valence-electron chi connectivity index (χ2n) is 8.37. The summed E-state index contributed by atoms with van der Waals surface area (Å²) in [5, 5.41) is 0.